The summed E-state index contributed by atoms with van der Waals surface area (Å²) in [6.45, 7) is 17.3. The molecule has 37 heavy (non-hydrogen) atoms. The fraction of sp³-hybridized carbons (Fsp3) is 0.733. The van der Waals surface area contributed by atoms with Crippen LogP contribution in [0.2, 0.25) is 0 Å². The van der Waals surface area contributed by atoms with Crippen LogP contribution in [0, 0.1) is 30.6 Å². The lowest BCUT2D eigenvalue weighted by Crippen LogP contribution is -2.47. The van der Waals surface area contributed by atoms with Crippen LogP contribution >= 0.6 is 0 Å². The van der Waals surface area contributed by atoms with Crippen LogP contribution in [0.4, 0.5) is 4.79 Å². The number of ether oxygens (including phenoxy) is 4. The predicted octanol–water partition coefficient (Wildman–Crippen LogP) is 6.10. The van der Waals surface area contributed by atoms with Gasteiger partial charge in [-0.1, -0.05) is 39.8 Å². The zero-order valence-electron chi connectivity index (χ0n) is 24.4. The summed E-state index contributed by atoms with van der Waals surface area (Å²) in [5.41, 5.74) is 1.68. The van der Waals surface area contributed by atoms with Crippen LogP contribution in [0.5, 0.6) is 5.75 Å². The number of benzene rings is 1. The monoisotopic (exact) mass is 519 g/mol. The number of alkyl carbamates (subject to hydrolysis) is 1. The van der Waals surface area contributed by atoms with Gasteiger partial charge in [-0.3, -0.25) is 4.79 Å². The standard InChI is InChI=1S/C30H49NO6/c1-19(2)23(15-22-12-11-21(5)26(16-22)35-14-10-13-34-9)17-25(31-29(33)37-30(6,7)8)27-18-24(20(3)4)28(32)36-27/h11-12,16,19-20,23-25,27H,10,13-15,17-18H2,1-9H3,(H,31,33)/t23-,24-,25-,27?/m0/s1. The Morgan fingerprint density at radius 2 is 1.86 bits per heavy atom. The van der Waals surface area contributed by atoms with Gasteiger partial charge in [0.1, 0.15) is 17.5 Å². The molecule has 1 aromatic rings. The summed E-state index contributed by atoms with van der Waals surface area (Å²) in [6.07, 6.45) is 2.10. The van der Waals surface area contributed by atoms with Crippen LogP contribution in [-0.4, -0.2) is 50.1 Å². The fourth-order valence-electron chi connectivity index (χ4n) is 4.72. The van der Waals surface area contributed by atoms with Crippen LogP contribution in [0.3, 0.4) is 0 Å². The highest BCUT2D eigenvalue weighted by Crippen LogP contribution is 2.33. The maximum atomic E-state index is 12.8. The summed E-state index contributed by atoms with van der Waals surface area (Å²) in [7, 11) is 1.69. The van der Waals surface area contributed by atoms with Gasteiger partial charge in [-0.15, -0.1) is 0 Å². The Hall–Kier alpha value is -2.28. The minimum Gasteiger partial charge on any atom is -0.493 e. The van der Waals surface area contributed by atoms with Crippen molar-refractivity contribution in [1.29, 1.82) is 0 Å². The Labute approximate surface area is 224 Å². The number of cyclic esters (lactones) is 1. The summed E-state index contributed by atoms with van der Waals surface area (Å²) in [6, 6.07) is 6.04. The highest BCUT2D eigenvalue weighted by Gasteiger charge is 2.42. The lowest BCUT2D eigenvalue weighted by Gasteiger charge is -2.31. The lowest BCUT2D eigenvalue weighted by molar-refractivity contribution is -0.146. The number of esters is 1. The maximum Gasteiger partial charge on any atom is 0.408 e. The van der Waals surface area contributed by atoms with Crippen molar-refractivity contribution in [3.63, 3.8) is 0 Å². The van der Waals surface area contributed by atoms with Crippen molar-refractivity contribution in [3.05, 3.63) is 29.3 Å². The average molecular weight is 520 g/mol. The molecule has 1 amide bonds. The van der Waals surface area contributed by atoms with Gasteiger partial charge in [-0.05, 0) is 81.9 Å². The summed E-state index contributed by atoms with van der Waals surface area (Å²) in [5, 5.41) is 3.05. The van der Waals surface area contributed by atoms with Gasteiger partial charge < -0.3 is 24.3 Å². The van der Waals surface area contributed by atoms with E-state index in [1.807, 2.05) is 34.6 Å². The maximum absolute atomic E-state index is 12.8. The van der Waals surface area contributed by atoms with Crippen molar-refractivity contribution >= 4 is 12.1 Å². The number of rotatable bonds is 13. The minimum atomic E-state index is -0.611. The number of carbonyl (C=O) groups is 2. The van der Waals surface area contributed by atoms with Crippen molar-refractivity contribution in [2.75, 3.05) is 20.3 Å². The molecule has 4 atom stereocenters. The van der Waals surface area contributed by atoms with Crippen molar-refractivity contribution < 1.29 is 28.5 Å². The van der Waals surface area contributed by atoms with Gasteiger partial charge in [0, 0.05) is 20.1 Å². The molecule has 0 radical (unpaired) electrons. The van der Waals surface area contributed by atoms with E-state index in [4.69, 9.17) is 18.9 Å². The molecule has 1 aliphatic rings. The third-order valence-electron chi connectivity index (χ3n) is 7.01. The molecule has 1 heterocycles. The van der Waals surface area contributed by atoms with E-state index in [-0.39, 0.29) is 35.9 Å². The van der Waals surface area contributed by atoms with Gasteiger partial charge in [0.25, 0.3) is 0 Å². The van der Waals surface area contributed by atoms with Crippen LogP contribution < -0.4 is 10.1 Å². The molecule has 0 saturated carbocycles. The molecule has 1 fully saturated rings. The Morgan fingerprint density at radius 3 is 2.43 bits per heavy atom. The van der Waals surface area contributed by atoms with E-state index >= 15 is 0 Å². The lowest BCUT2D eigenvalue weighted by atomic mass is 9.81. The molecule has 1 unspecified atom stereocenters. The molecular formula is C30H49NO6. The van der Waals surface area contributed by atoms with E-state index in [0.717, 1.165) is 24.2 Å². The normalized spacial score (nSPS) is 19.6. The molecule has 1 N–H and O–H groups in total. The van der Waals surface area contributed by atoms with Crippen LogP contribution in [0.15, 0.2) is 18.2 Å². The molecule has 7 nitrogen and oxygen atoms in total. The first-order valence-electron chi connectivity index (χ1n) is 13.7. The minimum absolute atomic E-state index is 0.152. The van der Waals surface area contributed by atoms with Gasteiger partial charge >= 0.3 is 12.1 Å². The van der Waals surface area contributed by atoms with Crippen molar-refractivity contribution in [1.82, 2.24) is 5.32 Å². The molecule has 1 aromatic carbocycles. The highest BCUT2D eigenvalue weighted by molar-refractivity contribution is 5.75. The number of hydrogen-bond acceptors (Lipinski definition) is 6. The van der Waals surface area contributed by atoms with Crippen molar-refractivity contribution in [3.8, 4) is 5.75 Å². The zero-order chi connectivity index (χ0) is 27.8. The van der Waals surface area contributed by atoms with Gasteiger partial charge in [0.15, 0.2) is 0 Å². The van der Waals surface area contributed by atoms with Gasteiger partial charge in [0.05, 0.1) is 18.6 Å². The van der Waals surface area contributed by atoms with Crippen molar-refractivity contribution in [2.45, 2.75) is 98.8 Å². The average Bonchev–Trinajstić information content (AvgIpc) is 3.18. The van der Waals surface area contributed by atoms with Crippen LogP contribution in [0.1, 0.15) is 78.9 Å². The Balaban J connectivity index is 2.20. The molecule has 0 aliphatic carbocycles. The largest absolute Gasteiger partial charge is 0.493 e. The Morgan fingerprint density at radius 1 is 1.16 bits per heavy atom. The van der Waals surface area contributed by atoms with Gasteiger partial charge in [-0.25, -0.2) is 4.79 Å². The molecule has 1 saturated heterocycles. The first-order valence-corrected chi connectivity index (χ1v) is 13.7. The van der Waals surface area contributed by atoms with E-state index in [1.54, 1.807) is 7.11 Å². The summed E-state index contributed by atoms with van der Waals surface area (Å²) < 4.78 is 22.5. The van der Waals surface area contributed by atoms with E-state index in [0.29, 0.717) is 32.0 Å². The second kappa shape index (κ2) is 14.0. The number of amides is 1. The predicted molar refractivity (Wildman–Crippen MR) is 146 cm³/mol. The SMILES string of the molecule is COCCCOc1cc(C[C@@H](C[C@H](NC(=O)OC(C)(C)C)C2C[C@@H](C(C)C)C(=O)O2)C(C)C)ccc1C. The summed E-state index contributed by atoms with van der Waals surface area (Å²) in [5.74, 6) is 1.36. The first kappa shape index (κ1) is 30.9. The van der Waals surface area contributed by atoms with Gasteiger partial charge in [0.2, 0.25) is 0 Å². The number of methoxy groups -OCH3 is 1. The number of aryl methyl sites for hydroxylation is 1. The van der Waals surface area contributed by atoms with E-state index in [1.165, 1.54) is 5.56 Å². The number of carbonyl (C=O) groups excluding carboxylic acids is 2. The van der Waals surface area contributed by atoms with E-state index < -0.39 is 11.7 Å². The third-order valence-corrected chi connectivity index (χ3v) is 7.01. The molecular weight excluding hydrogens is 470 g/mol. The molecule has 0 aromatic heterocycles. The molecule has 0 bridgehead atoms. The molecule has 210 valence electrons. The second-order valence-electron chi connectivity index (χ2n) is 12.1. The second-order valence-corrected chi connectivity index (χ2v) is 12.1. The first-order chi connectivity index (χ1) is 17.3. The molecule has 0 spiro atoms. The molecule has 1 aliphatic heterocycles. The Bertz CT molecular complexity index is 875. The van der Waals surface area contributed by atoms with Gasteiger partial charge in [-0.2, -0.15) is 0 Å². The fourth-order valence-corrected chi connectivity index (χ4v) is 4.72. The molecule has 2 rings (SSSR count). The number of nitrogens with one attached hydrogen (secondary N) is 1. The quantitative estimate of drug-likeness (QED) is 0.251. The van der Waals surface area contributed by atoms with Crippen molar-refractivity contribution in [2.24, 2.45) is 23.7 Å². The third kappa shape index (κ3) is 10.2. The zero-order valence-corrected chi connectivity index (χ0v) is 24.4. The van der Waals surface area contributed by atoms with Crippen LogP contribution in [-0.2, 0) is 25.4 Å². The summed E-state index contributed by atoms with van der Waals surface area (Å²) in [4.78, 5) is 25.3. The Kier molecular flexibility index (Phi) is 11.7. The molecule has 7 heteroatoms. The summed E-state index contributed by atoms with van der Waals surface area (Å²) >= 11 is 0. The topological polar surface area (TPSA) is 83.1 Å². The number of hydrogen-bond donors (Lipinski definition) is 1. The van der Waals surface area contributed by atoms with Crippen LogP contribution in [0.25, 0.3) is 0 Å². The smallest absolute Gasteiger partial charge is 0.408 e. The van der Waals surface area contributed by atoms with E-state index in [2.05, 4.69) is 44.3 Å². The highest BCUT2D eigenvalue weighted by atomic mass is 16.6. The van der Waals surface area contributed by atoms with E-state index in [9.17, 15) is 9.59 Å².